The van der Waals surface area contributed by atoms with Crippen LogP contribution < -0.4 is 4.74 Å². The molecule has 1 aromatic rings. The zero-order valence-corrected chi connectivity index (χ0v) is 18.7. The fraction of sp³-hybridized carbons (Fsp3) is 0.769. The van der Waals surface area contributed by atoms with E-state index < -0.39 is 11.6 Å². The predicted octanol–water partition coefficient (Wildman–Crippen LogP) is 8.27. The van der Waals surface area contributed by atoms with Crippen LogP contribution in [0.3, 0.4) is 0 Å². The number of halogens is 2. The number of hydrogen-bond donors (Lipinski definition) is 0. The molecule has 0 bridgehead atoms. The molecular weight excluding hydrogens is 366 g/mol. The molecule has 0 radical (unpaired) electrons. The highest BCUT2D eigenvalue weighted by molar-refractivity contribution is 5.33. The molecule has 3 heteroatoms. The van der Waals surface area contributed by atoms with Crippen LogP contribution in [-0.4, -0.2) is 6.61 Å². The Hall–Kier alpha value is -1.12. The summed E-state index contributed by atoms with van der Waals surface area (Å²) in [5, 5.41) is 0. The summed E-state index contributed by atoms with van der Waals surface area (Å²) < 4.78 is 34.6. The van der Waals surface area contributed by atoms with Crippen molar-refractivity contribution in [2.45, 2.75) is 97.3 Å². The summed E-state index contributed by atoms with van der Waals surface area (Å²) in [6.45, 7) is 7.26. The minimum atomic E-state index is -0.804. The molecule has 2 aliphatic carbocycles. The zero-order chi connectivity index (χ0) is 20.8. The van der Waals surface area contributed by atoms with Gasteiger partial charge in [0.2, 0.25) is 5.82 Å². The molecule has 1 aromatic carbocycles. The van der Waals surface area contributed by atoms with Gasteiger partial charge in [-0.15, -0.1) is 0 Å². The van der Waals surface area contributed by atoms with Gasteiger partial charge in [0.1, 0.15) is 0 Å². The normalized spacial score (nSPS) is 28.9. The topological polar surface area (TPSA) is 9.23 Å². The van der Waals surface area contributed by atoms with Gasteiger partial charge in [-0.25, -0.2) is 4.39 Å². The highest BCUT2D eigenvalue weighted by Crippen LogP contribution is 2.45. The maximum Gasteiger partial charge on any atom is 0.200 e. The van der Waals surface area contributed by atoms with E-state index in [1.54, 1.807) is 12.1 Å². The van der Waals surface area contributed by atoms with E-state index >= 15 is 0 Å². The van der Waals surface area contributed by atoms with Gasteiger partial charge in [0.15, 0.2) is 11.6 Å². The van der Waals surface area contributed by atoms with Crippen molar-refractivity contribution in [3.8, 4) is 5.75 Å². The van der Waals surface area contributed by atoms with Crippen LogP contribution in [0.1, 0.15) is 103 Å². The van der Waals surface area contributed by atoms with Gasteiger partial charge >= 0.3 is 0 Å². The molecule has 0 amide bonds. The quantitative estimate of drug-likeness (QED) is 0.395. The Kier molecular flexibility index (Phi) is 8.38. The van der Waals surface area contributed by atoms with Crippen LogP contribution in [0.15, 0.2) is 12.1 Å². The first-order valence-electron chi connectivity index (χ1n) is 12.2. The van der Waals surface area contributed by atoms with Crippen LogP contribution in [-0.2, 0) is 0 Å². The van der Waals surface area contributed by atoms with E-state index in [0.717, 1.165) is 62.2 Å². The maximum absolute atomic E-state index is 14.7. The van der Waals surface area contributed by atoms with Crippen LogP contribution in [0.5, 0.6) is 5.75 Å². The van der Waals surface area contributed by atoms with E-state index in [2.05, 4.69) is 20.8 Å². The largest absolute Gasteiger partial charge is 0.490 e. The van der Waals surface area contributed by atoms with Crippen molar-refractivity contribution in [1.82, 2.24) is 0 Å². The molecule has 1 unspecified atom stereocenters. The number of unbranched alkanes of at least 4 members (excludes halogenated alkanes) is 1. The molecule has 0 aromatic heterocycles. The SMILES string of the molecule is CCCCOc1ccc(C2CCC(C(C)C3CCC(CC)CC3)CC2)c(F)c1F. The van der Waals surface area contributed by atoms with Gasteiger partial charge in [-0.05, 0) is 86.2 Å². The lowest BCUT2D eigenvalue weighted by atomic mass is 9.66. The van der Waals surface area contributed by atoms with Crippen molar-refractivity contribution in [3.63, 3.8) is 0 Å². The standard InChI is InChI=1S/C26H40F2O/c1-4-6-17-29-24-16-15-23(25(27)26(24)28)22-13-11-21(12-14-22)18(3)20-9-7-19(5-2)8-10-20/h15-16,18-22H,4-14,17H2,1-3H3. The summed E-state index contributed by atoms with van der Waals surface area (Å²) in [6.07, 6.45) is 13.0. The van der Waals surface area contributed by atoms with Crippen molar-refractivity contribution in [3.05, 3.63) is 29.3 Å². The number of benzene rings is 1. The average Bonchev–Trinajstić information content (AvgIpc) is 2.76. The van der Waals surface area contributed by atoms with Gasteiger partial charge in [-0.2, -0.15) is 4.39 Å². The first kappa shape index (κ1) is 22.6. The summed E-state index contributed by atoms with van der Waals surface area (Å²) in [7, 11) is 0. The number of hydrogen-bond acceptors (Lipinski definition) is 1. The minimum absolute atomic E-state index is 0.0599. The van der Waals surface area contributed by atoms with E-state index in [4.69, 9.17) is 4.74 Å². The first-order chi connectivity index (χ1) is 14.0. The van der Waals surface area contributed by atoms with Crippen molar-refractivity contribution in [1.29, 1.82) is 0 Å². The molecule has 2 fully saturated rings. The Morgan fingerprint density at radius 1 is 0.897 bits per heavy atom. The molecule has 1 atom stereocenters. The van der Waals surface area contributed by atoms with E-state index in [1.807, 2.05) is 0 Å². The Morgan fingerprint density at radius 2 is 1.52 bits per heavy atom. The van der Waals surface area contributed by atoms with E-state index in [9.17, 15) is 8.78 Å². The molecule has 164 valence electrons. The second kappa shape index (κ2) is 10.8. The second-order valence-corrected chi connectivity index (χ2v) is 9.64. The summed E-state index contributed by atoms with van der Waals surface area (Å²) in [6, 6.07) is 3.39. The van der Waals surface area contributed by atoms with Crippen LogP contribution in [0, 0.1) is 35.3 Å². The van der Waals surface area contributed by atoms with Gasteiger partial charge < -0.3 is 4.74 Å². The number of rotatable bonds is 8. The summed E-state index contributed by atoms with van der Waals surface area (Å²) in [5.41, 5.74) is 0.555. The van der Waals surface area contributed by atoms with Gasteiger partial charge in [-0.3, -0.25) is 0 Å². The third kappa shape index (κ3) is 5.52. The van der Waals surface area contributed by atoms with E-state index in [-0.39, 0.29) is 11.7 Å². The minimum Gasteiger partial charge on any atom is -0.490 e. The molecular formula is C26H40F2O. The lowest BCUT2D eigenvalue weighted by Crippen LogP contribution is -2.28. The molecule has 0 N–H and O–H groups in total. The predicted molar refractivity (Wildman–Crippen MR) is 116 cm³/mol. The van der Waals surface area contributed by atoms with Crippen LogP contribution >= 0.6 is 0 Å². The first-order valence-corrected chi connectivity index (χ1v) is 12.2. The monoisotopic (exact) mass is 406 g/mol. The molecule has 2 aliphatic rings. The molecule has 29 heavy (non-hydrogen) atoms. The zero-order valence-electron chi connectivity index (χ0n) is 18.7. The third-order valence-corrected chi connectivity index (χ3v) is 8.00. The highest BCUT2D eigenvalue weighted by Gasteiger charge is 2.33. The smallest absolute Gasteiger partial charge is 0.200 e. The molecule has 3 rings (SSSR count). The molecule has 0 heterocycles. The molecule has 0 saturated heterocycles. The van der Waals surface area contributed by atoms with Gasteiger partial charge in [0, 0.05) is 0 Å². The van der Waals surface area contributed by atoms with Crippen molar-refractivity contribution in [2.75, 3.05) is 6.61 Å². The van der Waals surface area contributed by atoms with E-state index in [1.165, 1.54) is 32.1 Å². The van der Waals surface area contributed by atoms with E-state index in [0.29, 0.717) is 12.2 Å². The second-order valence-electron chi connectivity index (χ2n) is 9.64. The third-order valence-electron chi connectivity index (χ3n) is 8.00. The molecule has 0 spiro atoms. The summed E-state index contributed by atoms with van der Waals surface area (Å²) >= 11 is 0. The van der Waals surface area contributed by atoms with Crippen molar-refractivity contribution in [2.24, 2.45) is 23.7 Å². The fourth-order valence-electron chi connectivity index (χ4n) is 5.76. The van der Waals surface area contributed by atoms with Gasteiger partial charge in [0.05, 0.1) is 6.61 Å². The fourth-order valence-corrected chi connectivity index (χ4v) is 5.76. The van der Waals surface area contributed by atoms with Crippen LogP contribution in [0.4, 0.5) is 8.78 Å². The maximum atomic E-state index is 14.7. The summed E-state index contributed by atoms with van der Waals surface area (Å²) in [5.74, 6) is 2.05. The van der Waals surface area contributed by atoms with Crippen molar-refractivity contribution < 1.29 is 13.5 Å². The van der Waals surface area contributed by atoms with Crippen LogP contribution in [0.2, 0.25) is 0 Å². The Bertz CT molecular complexity index is 628. The lowest BCUT2D eigenvalue weighted by Gasteiger charge is -2.39. The molecule has 1 nitrogen and oxygen atoms in total. The van der Waals surface area contributed by atoms with Gasteiger partial charge in [0.25, 0.3) is 0 Å². The van der Waals surface area contributed by atoms with Gasteiger partial charge in [-0.1, -0.05) is 52.5 Å². The highest BCUT2D eigenvalue weighted by atomic mass is 19.2. The Labute approximate surface area is 176 Å². The molecule has 2 saturated carbocycles. The number of ether oxygens (including phenoxy) is 1. The summed E-state index contributed by atoms with van der Waals surface area (Å²) in [4.78, 5) is 0. The Balaban J connectivity index is 1.54. The van der Waals surface area contributed by atoms with Crippen LogP contribution in [0.25, 0.3) is 0 Å². The van der Waals surface area contributed by atoms with Crippen molar-refractivity contribution >= 4 is 0 Å². The Morgan fingerprint density at radius 3 is 2.10 bits per heavy atom. The lowest BCUT2D eigenvalue weighted by molar-refractivity contribution is 0.133. The molecule has 0 aliphatic heterocycles. The average molecular weight is 407 g/mol.